The van der Waals surface area contributed by atoms with Gasteiger partial charge in [0.25, 0.3) is 0 Å². The van der Waals surface area contributed by atoms with Crippen molar-refractivity contribution in [3.8, 4) is 0 Å². The number of nitrogens with one attached hydrogen (secondary N) is 1. The number of piperazine rings is 1. The molecule has 19 heavy (non-hydrogen) atoms. The molecule has 2 saturated heterocycles. The minimum atomic E-state index is 0.711. The van der Waals surface area contributed by atoms with Crippen molar-refractivity contribution < 1.29 is 0 Å². The second-order valence-electron chi connectivity index (χ2n) is 5.55. The summed E-state index contributed by atoms with van der Waals surface area (Å²) in [6.07, 6.45) is 7.94. The van der Waals surface area contributed by atoms with Gasteiger partial charge >= 0.3 is 0 Å². The Hall–Kier alpha value is -1.20. The lowest BCUT2D eigenvalue weighted by Gasteiger charge is -2.44. The van der Waals surface area contributed by atoms with Crippen LogP contribution in [0.4, 0.5) is 5.95 Å². The van der Waals surface area contributed by atoms with E-state index in [0.717, 1.165) is 37.7 Å². The van der Waals surface area contributed by atoms with Crippen LogP contribution in [0.3, 0.4) is 0 Å². The monoisotopic (exact) mass is 261 g/mol. The molecule has 1 aromatic rings. The fraction of sp³-hybridized carbons (Fsp3) is 0.714. The van der Waals surface area contributed by atoms with Crippen LogP contribution in [0.1, 0.15) is 24.8 Å². The molecule has 1 N–H and O–H groups in total. The average molecular weight is 261 g/mol. The fourth-order valence-electron chi connectivity index (χ4n) is 3.14. The molecule has 0 radical (unpaired) electrons. The van der Waals surface area contributed by atoms with Gasteiger partial charge in [-0.25, -0.2) is 9.97 Å². The van der Waals surface area contributed by atoms with Crippen LogP contribution in [-0.2, 0) is 6.54 Å². The third kappa shape index (κ3) is 2.87. The van der Waals surface area contributed by atoms with Crippen LogP contribution < -0.4 is 10.2 Å². The van der Waals surface area contributed by atoms with Crippen LogP contribution in [-0.4, -0.2) is 54.1 Å². The first-order valence-electron chi connectivity index (χ1n) is 7.31. The topological polar surface area (TPSA) is 44.3 Å². The van der Waals surface area contributed by atoms with Gasteiger partial charge in [0.15, 0.2) is 0 Å². The van der Waals surface area contributed by atoms with E-state index in [1.807, 2.05) is 19.4 Å². The summed E-state index contributed by atoms with van der Waals surface area (Å²) >= 11 is 0. The van der Waals surface area contributed by atoms with E-state index in [4.69, 9.17) is 0 Å². The fourth-order valence-corrected chi connectivity index (χ4v) is 3.14. The maximum Gasteiger partial charge on any atom is 0.225 e. The zero-order valence-corrected chi connectivity index (χ0v) is 11.7. The van der Waals surface area contributed by atoms with Gasteiger partial charge in [0.1, 0.15) is 0 Å². The molecule has 0 aliphatic carbocycles. The van der Waals surface area contributed by atoms with E-state index >= 15 is 0 Å². The lowest BCUT2D eigenvalue weighted by molar-refractivity contribution is 0.133. The normalized spacial score (nSPS) is 24.3. The van der Waals surface area contributed by atoms with Crippen molar-refractivity contribution in [3.63, 3.8) is 0 Å². The maximum atomic E-state index is 4.51. The summed E-state index contributed by atoms with van der Waals surface area (Å²) in [5.74, 6) is 0.894. The first kappa shape index (κ1) is 12.8. The van der Waals surface area contributed by atoms with Gasteiger partial charge in [-0.2, -0.15) is 0 Å². The van der Waals surface area contributed by atoms with Gasteiger partial charge in [-0.1, -0.05) is 6.42 Å². The van der Waals surface area contributed by atoms with Crippen molar-refractivity contribution in [1.29, 1.82) is 0 Å². The van der Waals surface area contributed by atoms with Crippen LogP contribution in [0.25, 0.3) is 0 Å². The molecule has 1 atom stereocenters. The zero-order valence-electron chi connectivity index (χ0n) is 11.7. The number of hydrogen-bond acceptors (Lipinski definition) is 5. The van der Waals surface area contributed by atoms with E-state index in [0.29, 0.717) is 6.04 Å². The first-order valence-corrected chi connectivity index (χ1v) is 7.31. The largest absolute Gasteiger partial charge is 0.338 e. The Morgan fingerprint density at radius 2 is 2.05 bits per heavy atom. The highest BCUT2D eigenvalue weighted by molar-refractivity contribution is 5.31. The van der Waals surface area contributed by atoms with E-state index in [2.05, 4.69) is 25.1 Å². The Kier molecular flexibility index (Phi) is 3.94. The molecule has 1 unspecified atom stereocenters. The lowest BCUT2D eigenvalue weighted by atomic mass is 10.00. The summed E-state index contributed by atoms with van der Waals surface area (Å²) in [7, 11) is 1.94. The maximum absolute atomic E-state index is 4.51. The quantitative estimate of drug-likeness (QED) is 0.875. The smallest absolute Gasteiger partial charge is 0.225 e. The summed E-state index contributed by atoms with van der Waals surface area (Å²) < 4.78 is 0. The molecule has 0 saturated carbocycles. The van der Waals surface area contributed by atoms with Crippen LogP contribution in [0.5, 0.6) is 0 Å². The van der Waals surface area contributed by atoms with Crippen LogP contribution >= 0.6 is 0 Å². The van der Waals surface area contributed by atoms with Gasteiger partial charge in [0, 0.05) is 50.2 Å². The molecule has 3 rings (SSSR count). The van der Waals surface area contributed by atoms with Crippen molar-refractivity contribution in [1.82, 2.24) is 20.2 Å². The molecule has 0 bridgehead atoms. The standard InChI is InChI=1S/C14H23N5/c1-15-8-12-9-16-14(17-10-12)19-7-6-18-5-3-2-4-13(18)11-19/h9-10,13,15H,2-8,11H2,1H3. The molecular weight excluding hydrogens is 238 g/mol. The van der Waals surface area contributed by atoms with Crippen molar-refractivity contribution >= 4 is 5.95 Å². The molecule has 5 nitrogen and oxygen atoms in total. The number of anilines is 1. The third-order valence-corrected chi connectivity index (χ3v) is 4.19. The summed E-state index contributed by atoms with van der Waals surface area (Å²) in [6, 6.07) is 0.711. The molecule has 0 spiro atoms. The van der Waals surface area contributed by atoms with Gasteiger partial charge in [-0.3, -0.25) is 4.90 Å². The highest BCUT2D eigenvalue weighted by Gasteiger charge is 2.29. The van der Waals surface area contributed by atoms with Gasteiger partial charge in [-0.05, 0) is 26.4 Å². The van der Waals surface area contributed by atoms with E-state index in [1.165, 1.54) is 25.8 Å². The molecule has 3 heterocycles. The summed E-state index contributed by atoms with van der Waals surface area (Å²) in [4.78, 5) is 14.0. The number of piperidine rings is 1. The molecule has 5 heteroatoms. The second kappa shape index (κ2) is 5.84. The zero-order chi connectivity index (χ0) is 13.1. The third-order valence-electron chi connectivity index (χ3n) is 4.19. The van der Waals surface area contributed by atoms with Crippen LogP contribution in [0, 0.1) is 0 Å². The second-order valence-corrected chi connectivity index (χ2v) is 5.55. The SMILES string of the molecule is CNCc1cnc(N2CCN3CCCCC3C2)nc1. The lowest BCUT2D eigenvalue weighted by Crippen LogP contribution is -2.55. The van der Waals surface area contributed by atoms with E-state index in [-0.39, 0.29) is 0 Å². The van der Waals surface area contributed by atoms with Crippen LogP contribution in [0.15, 0.2) is 12.4 Å². The molecule has 0 aromatic carbocycles. The predicted molar refractivity (Wildman–Crippen MR) is 76.2 cm³/mol. The number of nitrogens with zero attached hydrogens (tertiary/aromatic N) is 4. The number of fused-ring (bicyclic) bond motifs is 1. The van der Waals surface area contributed by atoms with Crippen molar-refractivity contribution in [2.24, 2.45) is 0 Å². The van der Waals surface area contributed by atoms with Gasteiger partial charge in [0.05, 0.1) is 0 Å². The van der Waals surface area contributed by atoms with Crippen molar-refractivity contribution in [2.45, 2.75) is 31.8 Å². The van der Waals surface area contributed by atoms with Crippen molar-refractivity contribution in [2.75, 3.05) is 38.1 Å². The van der Waals surface area contributed by atoms with Gasteiger partial charge < -0.3 is 10.2 Å². The highest BCUT2D eigenvalue weighted by Crippen LogP contribution is 2.22. The van der Waals surface area contributed by atoms with Gasteiger partial charge in [-0.15, -0.1) is 0 Å². The Balaban J connectivity index is 1.65. The predicted octanol–water partition coefficient (Wildman–Crippen LogP) is 0.870. The van der Waals surface area contributed by atoms with Crippen LogP contribution in [0.2, 0.25) is 0 Å². The first-order chi connectivity index (χ1) is 9.36. The van der Waals surface area contributed by atoms with E-state index < -0.39 is 0 Å². The minimum Gasteiger partial charge on any atom is -0.338 e. The Labute approximate surface area is 115 Å². The van der Waals surface area contributed by atoms with Crippen molar-refractivity contribution in [3.05, 3.63) is 18.0 Å². The number of rotatable bonds is 3. The van der Waals surface area contributed by atoms with Gasteiger partial charge in [0.2, 0.25) is 5.95 Å². The molecule has 0 amide bonds. The number of hydrogen-bond donors (Lipinski definition) is 1. The summed E-state index contributed by atoms with van der Waals surface area (Å²) in [6.45, 7) is 5.41. The Bertz CT molecular complexity index is 405. The highest BCUT2D eigenvalue weighted by atomic mass is 15.3. The minimum absolute atomic E-state index is 0.711. The Morgan fingerprint density at radius 1 is 1.21 bits per heavy atom. The molecule has 2 aliphatic rings. The van der Waals surface area contributed by atoms with E-state index in [9.17, 15) is 0 Å². The number of aromatic nitrogens is 2. The Morgan fingerprint density at radius 3 is 2.84 bits per heavy atom. The average Bonchev–Trinajstić information content (AvgIpc) is 2.48. The van der Waals surface area contributed by atoms with E-state index in [1.54, 1.807) is 0 Å². The molecule has 1 aromatic heterocycles. The summed E-state index contributed by atoms with van der Waals surface area (Å²) in [5, 5.41) is 3.12. The molecule has 2 fully saturated rings. The summed E-state index contributed by atoms with van der Waals surface area (Å²) in [5.41, 5.74) is 1.14. The molecular formula is C14H23N5. The molecule has 104 valence electrons. The molecule has 2 aliphatic heterocycles.